The van der Waals surface area contributed by atoms with Gasteiger partial charge in [0.25, 0.3) is 0 Å². The number of hydrogen-bond donors (Lipinski definition) is 2. The third-order valence-corrected chi connectivity index (χ3v) is 3.51. The summed E-state index contributed by atoms with van der Waals surface area (Å²) in [6, 6.07) is 0. The third kappa shape index (κ3) is 3.43. The van der Waals surface area contributed by atoms with Gasteiger partial charge in [-0.15, -0.1) is 0 Å². The second-order valence-corrected chi connectivity index (χ2v) is 4.80. The van der Waals surface area contributed by atoms with Gasteiger partial charge in [-0.1, -0.05) is 6.92 Å². The van der Waals surface area contributed by atoms with E-state index < -0.39 is 0 Å². The summed E-state index contributed by atoms with van der Waals surface area (Å²) in [5, 5.41) is 5.81. The van der Waals surface area contributed by atoms with Crippen LogP contribution in [0.15, 0.2) is 0 Å². The van der Waals surface area contributed by atoms with E-state index in [2.05, 4.69) is 10.6 Å². The van der Waals surface area contributed by atoms with Gasteiger partial charge in [0.1, 0.15) is 0 Å². The highest BCUT2D eigenvalue weighted by Crippen LogP contribution is 2.30. The fourth-order valence-corrected chi connectivity index (χ4v) is 2.15. The van der Waals surface area contributed by atoms with Gasteiger partial charge in [-0.3, -0.25) is 9.59 Å². The molecule has 2 N–H and O–H groups in total. The third-order valence-electron chi connectivity index (χ3n) is 3.51. The summed E-state index contributed by atoms with van der Waals surface area (Å²) in [6.45, 7) is 6.40. The first kappa shape index (κ1) is 14.0. The SMILES string of the molecule is CCN(CC(=O)NC)C(=O)C1(C)CCNCC1. The van der Waals surface area contributed by atoms with Crippen molar-refractivity contribution in [1.29, 1.82) is 0 Å². The summed E-state index contributed by atoms with van der Waals surface area (Å²) >= 11 is 0. The van der Waals surface area contributed by atoms with E-state index in [9.17, 15) is 9.59 Å². The van der Waals surface area contributed by atoms with Gasteiger partial charge in [-0.05, 0) is 32.9 Å². The summed E-state index contributed by atoms with van der Waals surface area (Å²) in [6.07, 6.45) is 1.69. The van der Waals surface area contributed by atoms with Gasteiger partial charge in [0.2, 0.25) is 11.8 Å². The Morgan fingerprint density at radius 1 is 1.35 bits per heavy atom. The molecule has 1 aliphatic rings. The molecule has 1 rings (SSSR count). The Hall–Kier alpha value is -1.10. The number of nitrogens with one attached hydrogen (secondary N) is 2. The maximum Gasteiger partial charge on any atom is 0.239 e. The highest BCUT2D eigenvalue weighted by Gasteiger charge is 2.37. The molecule has 0 aromatic carbocycles. The maximum absolute atomic E-state index is 12.4. The Labute approximate surface area is 103 Å². The highest BCUT2D eigenvalue weighted by molar-refractivity contribution is 5.87. The first-order valence-corrected chi connectivity index (χ1v) is 6.24. The fourth-order valence-electron chi connectivity index (χ4n) is 2.15. The zero-order chi connectivity index (χ0) is 12.9. The predicted molar refractivity (Wildman–Crippen MR) is 66.5 cm³/mol. The Morgan fingerprint density at radius 2 is 1.94 bits per heavy atom. The molecule has 5 heteroatoms. The van der Waals surface area contributed by atoms with Gasteiger partial charge in [0.05, 0.1) is 6.54 Å². The molecule has 1 aliphatic heterocycles. The van der Waals surface area contributed by atoms with Crippen LogP contribution in [0.4, 0.5) is 0 Å². The highest BCUT2D eigenvalue weighted by atomic mass is 16.2. The molecule has 0 bridgehead atoms. The van der Waals surface area contributed by atoms with Crippen molar-refractivity contribution in [2.24, 2.45) is 5.41 Å². The van der Waals surface area contributed by atoms with Crippen molar-refractivity contribution in [3.63, 3.8) is 0 Å². The molecule has 98 valence electrons. The van der Waals surface area contributed by atoms with Gasteiger partial charge < -0.3 is 15.5 Å². The fraction of sp³-hybridized carbons (Fsp3) is 0.833. The second kappa shape index (κ2) is 6.00. The van der Waals surface area contributed by atoms with Crippen molar-refractivity contribution in [3.8, 4) is 0 Å². The van der Waals surface area contributed by atoms with Crippen LogP contribution in [0.5, 0.6) is 0 Å². The van der Waals surface area contributed by atoms with Gasteiger partial charge in [-0.25, -0.2) is 0 Å². The van der Waals surface area contributed by atoms with E-state index in [0.717, 1.165) is 25.9 Å². The number of carbonyl (C=O) groups is 2. The number of amides is 2. The predicted octanol–water partition coefficient (Wildman–Crippen LogP) is -0.0294. The molecule has 1 saturated heterocycles. The number of likely N-dealkylation sites (N-methyl/N-ethyl adjacent to an activating group) is 2. The molecular formula is C12H23N3O2. The molecule has 0 atom stereocenters. The van der Waals surface area contributed by atoms with Crippen LogP contribution in [0.1, 0.15) is 26.7 Å². The quantitative estimate of drug-likeness (QED) is 0.726. The van der Waals surface area contributed by atoms with Crippen molar-refractivity contribution in [2.45, 2.75) is 26.7 Å². The Morgan fingerprint density at radius 3 is 2.41 bits per heavy atom. The minimum Gasteiger partial charge on any atom is -0.358 e. The number of hydrogen-bond acceptors (Lipinski definition) is 3. The van der Waals surface area contributed by atoms with Crippen LogP contribution in [0.3, 0.4) is 0 Å². The molecule has 1 heterocycles. The average molecular weight is 241 g/mol. The van der Waals surface area contributed by atoms with E-state index in [0.29, 0.717) is 6.54 Å². The van der Waals surface area contributed by atoms with Crippen LogP contribution < -0.4 is 10.6 Å². The van der Waals surface area contributed by atoms with Crippen molar-refractivity contribution < 1.29 is 9.59 Å². The van der Waals surface area contributed by atoms with Gasteiger partial charge in [0, 0.05) is 19.0 Å². The van der Waals surface area contributed by atoms with Gasteiger partial charge in [-0.2, -0.15) is 0 Å². The standard InChI is InChI=1S/C12H23N3O2/c1-4-15(9-10(16)13-3)11(17)12(2)5-7-14-8-6-12/h14H,4-9H2,1-3H3,(H,13,16). The summed E-state index contributed by atoms with van der Waals surface area (Å²) in [5.74, 6) is -0.0113. The normalized spacial score (nSPS) is 18.5. The zero-order valence-corrected chi connectivity index (χ0v) is 11.0. The van der Waals surface area contributed by atoms with Crippen molar-refractivity contribution in [1.82, 2.24) is 15.5 Å². The van der Waals surface area contributed by atoms with Crippen LogP contribution >= 0.6 is 0 Å². The lowest BCUT2D eigenvalue weighted by atomic mass is 9.79. The molecule has 0 spiro atoms. The minimum absolute atomic E-state index is 0.102. The summed E-state index contributed by atoms with van der Waals surface area (Å²) in [4.78, 5) is 25.4. The minimum atomic E-state index is -0.310. The van der Waals surface area contributed by atoms with Crippen molar-refractivity contribution in [3.05, 3.63) is 0 Å². The van der Waals surface area contributed by atoms with Crippen LogP contribution in [0, 0.1) is 5.41 Å². The van der Waals surface area contributed by atoms with Gasteiger partial charge >= 0.3 is 0 Å². The van der Waals surface area contributed by atoms with Crippen LogP contribution in [-0.4, -0.2) is 49.9 Å². The molecule has 17 heavy (non-hydrogen) atoms. The lowest BCUT2D eigenvalue weighted by Crippen LogP contribution is -2.50. The van der Waals surface area contributed by atoms with Crippen LogP contribution in [0.25, 0.3) is 0 Å². The summed E-state index contributed by atoms with van der Waals surface area (Å²) in [5.41, 5.74) is -0.310. The maximum atomic E-state index is 12.4. The number of carbonyl (C=O) groups excluding carboxylic acids is 2. The smallest absolute Gasteiger partial charge is 0.239 e. The molecule has 1 fully saturated rings. The lowest BCUT2D eigenvalue weighted by molar-refractivity contribution is -0.145. The van der Waals surface area contributed by atoms with Crippen LogP contribution in [-0.2, 0) is 9.59 Å². The molecule has 0 radical (unpaired) electrons. The molecule has 0 aromatic rings. The molecule has 5 nitrogen and oxygen atoms in total. The van der Waals surface area contributed by atoms with Gasteiger partial charge in [0.15, 0.2) is 0 Å². The molecular weight excluding hydrogens is 218 g/mol. The van der Waals surface area contributed by atoms with E-state index in [-0.39, 0.29) is 23.8 Å². The monoisotopic (exact) mass is 241 g/mol. The first-order valence-electron chi connectivity index (χ1n) is 6.24. The Balaban J connectivity index is 2.67. The molecule has 0 saturated carbocycles. The second-order valence-electron chi connectivity index (χ2n) is 4.80. The van der Waals surface area contributed by atoms with Crippen LogP contribution in [0.2, 0.25) is 0 Å². The van der Waals surface area contributed by atoms with Crippen molar-refractivity contribution >= 4 is 11.8 Å². The molecule has 0 aromatic heterocycles. The molecule has 0 aliphatic carbocycles. The van der Waals surface area contributed by atoms with E-state index in [1.165, 1.54) is 0 Å². The van der Waals surface area contributed by atoms with E-state index in [4.69, 9.17) is 0 Å². The van der Waals surface area contributed by atoms with E-state index >= 15 is 0 Å². The number of piperidine rings is 1. The molecule has 0 unspecified atom stereocenters. The summed E-state index contributed by atoms with van der Waals surface area (Å²) in [7, 11) is 1.59. The number of rotatable bonds is 4. The Bertz CT molecular complexity index is 285. The van der Waals surface area contributed by atoms with E-state index in [1.54, 1.807) is 11.9 Å². The largest absolute Gasteiger partial charge is 0.358 e. The number of nitrogens with zero attached hydrogens (tertiary/aromatic N) is 1. The lowest BCUT2D eigenvalue weighted by Gasteiger charge is -2.36. The topological polar surface area (TPSA) is 61.4 Å². The first-order chi connectivity index (χ1) is 8.03. The van der Waals surface area contributed by atoms with Crippen molar-refractivity contribution in [2.75, 3.05) is 33.2 Å². The average Bonchev–Trinajstić information content (AvgIpc) is 2.35. The molecule has 2 amide bonds. The summed E-state index contributed by atoms with van der Waals surface area (Å²) < 4.78 is 0. The zero-order valence-electron chi connectivity index (χ0n) is 11.0. The van der Waals surface area contributed by atoms with E-state index in [1.807, 2.05) is 13.8 Å². The Kier molecular flexibility index (Phi) is 4.93.